The molecule has 242 valence electrons. The Bertz CT molecular complexity index is 1290. The number of aryl methyl sites for hydroxylation is 1. The first-order valence-electron chi connectivity index (χ1n) is 17.5. The Morgan fingerprint density at radius 3 is 1.71 bits per heavy atom. The number of benzene rings is 3. The van der Waals surface area contributed by atoms with Crippen LogP contribution in [0.25, 0.3) is 0 Å². The lowest BCUT2D eigenvalue weighted by atomic mass is 9.90. The van der Waals surface area contributed by atoms with Gasteiger partial charge >= 0.3 is 0 Å². The molecule has 0 bridgehead atoms. The van der Waals surface area contributed by atoms with Crippen molar-refractivity contribution in [1.82, 2.24) is 0 Å². The van der Waals surface area contributed by atoms with E-state index in [2.05, 4.69) is 125 Å². The third-order valence-corrected chi connectivity index (χ3v) is 16.1. The summed E-state index contributed by atoms with van der Waals surface area (Å²) in [4.78, 5) is 0. The van der Waals surface area contributed by atoms with Gasteiger partial charge in [0.1, 0.15) is 18.3 Å². The molecule has 1 saturated heterocycles. The second kappa shape index (κ2) is 16.9. The molecule has 2 heterocycles. The zero-order valence-electron chi connectivity index (χ0n) is 27.9. The van der Waals surface area contributed by atoms with E-state index < -0.39 is 8.07 Å². The zero-order valence-corrected chi connectivity index (χ0v) is 28.9. The van der Waals surface area contributed by atoms with E-state index in [0.717, 1.165) is 43.2 Å². The predicted octanol–water partition coefficient (Wildman–Crippen LogP) is 9.49. The molecule has 3 aromatic rings. The summed E-state index contributed by atoms with van der Waals surface area (Å²) >= 11 is 0. The topological polar surface area (TPSA) is 36.9 Å². The molecule has 45 heavy (non-hydrogen) atoms. The third-order valence-electron chi connectivity index (χ3n) is 10.3. The van der Waals surface area contributed by atoms with E-state index >= 15 is 0 Å². The highest BCUT2D eigenvalue weighted by Crippen LogP contribution is 2.41. The van der Waals surface area contributed by atoms with Crippen molar-refractivity contribution < 1.29 is 18.9 Å². The summed E-state index contributed by atoms with van der Waals surface area (Å²) in [6.45, 7) is 10.5. The maximum absolute atomic E-state index is 7.22. The Morgan fingerprint density at radius 1 is 0.644 bits per heavy atom. The monoisotopic (exact) mass is 626 g/mol. The van der Waals surface area contributed by atoms with Gasteiger partial charge in [0.25, 0.3) is 0 Å². The Hall–Kier alpha value is -2.54. The van der Waals surface area contributed by atoms with Crippen molar-refractivity contribution >= 4 is 8.07 Å². The van der Waals surface area contributed by atoms with Crippen LogP contribution in [0.1, 0.15) is 70.1 Å². The molecule has 5 rings (SSSR count). The Labute approximate surface area is 273 Å². The third kappa shape index (κ3) is 8.63. The summed E-state index contributed by atoms with van der Waals surface area (Å²) in [5.41, 5.74) is 3.68. The molecular weight excluding hydrogens is 573 g/mol. The molecular formula is C40H54O4Si. The smallest absolute Gasteiger partial charge is 0.115 e. The lowest BCUT2D eigenvalue weighted by Crippen LogP contribution is -2.60. The van der Waals surface area contributed by atoms with Crippen molar-refractivity contribution in [3.63, 3.8) is 0 Å². The highest BCUT2D eigenvalue weighted by atomic mass is 28.3. The van der Waals surface area contributed by atoms with Gasteiger partial charge in [0.2, 0.25) is 0 Å². The van der Waals surface area contributed by atoms with Gasteiger partial charge in [-0.25, -0.2) is 0 Å². The van der Waals surface area contributed by atoms with Crippen molar-refractivity contribution in [2.45, 2.75) is 128 Å². The van der Waals surface area contributed by atoms with Crippen LogP contribution in [0.15, 0.2) is 102 Å². The highest BCUT2D eigenvalue weighted by molar-refractivity contribution is 6.86. The van der Waals surface area contributed by atoms with Gasteiger partial charge in [-0.1, -0.05) is 155 Å². The van der Waals surface area contributed by atoms with Crippen LogP contribution < -0.4 is 0 Å². The lowest BCUT2D eigenvalue weighted by Gasteiger charge is -2.47. The van der Waals surface area contributed by atoms with Gasteiger partial charge in [0, 0.05) is 0 Å². The molecule has 1 fully saturated rings. The fraction of sp³-hybridized carbons (Fsp3) is 0.500. The van der Waals surface area contributed by atoms with Gasteiger partial charge in [0.15, 0.2) is 0 Å². The van der Waals surface area contributed by atoms with E-state index in [1.165, 1.54) is 23.7 Å². The molecule has 0 saturated carbocycles. The summed E-state index contributed by atoms with van der Waals surface area (Å²) in [7, 11) is -1.66. The molecule has 3 aromatic carbocycles. The van der Waals surface area contributed by atoms with E-state index in [4.69, 9.17) is 18.9 Å². The molecule has 2 aliphatic heterocycles. The largest absolute Gasteiger partial charge is 0.369 e. The van der Waals surface area contributed by atoms with Gasteiger partial charge in [0.05, 0.1) is 39.6 Å². The molecule has 0 amide bonds. The van der Waals surface area contributed by atoms with Crippen molar-refractivity contribution in [2.75, 3.05) is 0 Å². The summed E-state index contributed by atoms with van der Waals surface area (Å²) in [6, 6.07) is 35.5. The van der Waals surface area contributed by atoms with Crippen LogP contribution in [-0.2, 0) is 38.6 Å². The second-order valence-electron chi connectivity index (χ2n) is 12.9. The zero-order chi connectivity index (χ0) is 31.5. The van der Waals surface area contributed by atoms with Crippen molar-refractivity contribution in [3.05, 3.63) is 119 Å². The first-order chi connectivity index (χ1) is 22.1. The number of rotatable bonds is 15. The summed E-state index contributed by atoms with van der Waals surface area (Å²) < 4.78 is 28.1. The highest BCUT2D eigenvalue weighted by Gasteiger charge is 2.50. The minimum Gasteiger partial charge on any atom is -0.369 e. The maximum atomic E-state index is 7.22. The number of ether oxygens (including phenoxy) is 4. The van der Waals surface area contributed by atoms with Gasteiger partial charge in [-0.05, 0) is 42.4 Å². The minimum atomic E-state index is -1.66. The van der Waals surface area contributed by atoms with Gasteiger partial charge in [-0.2, -0.15) is 0 Å². The standard InChI is InChI=1S/C40H54O4Si/c1-5-18-36-38(41-29-32-21-14-10-15-22-32)40(42-30-33-23-16-11-17-24-33)39-37(44-36)28-35(45(6-2,7-3)8-4)27-34(43-39)26-25-31-19-12-9-13-20-31/h9-17,19-24,27,34,36-40H,5-8,18,25-26,28-30H2,1-4H3/t34-,36+,37-,38+,39-,40-/m1/s1. The van der Waals surface area contributed by atoms with E-state index in [1.54, 1.807) is 5.20 Å². The number of hydrogen-bond donors (Lipinski definition) is 0. The number of fused-ring (bicyclic) bond motifs is 1. The van der Waals surface area contributed by atoms with Crippen LogP contribution in [-0.4, -0.2) is 44.7 Å². The molecule has 6 atom stereocenters. The average molecular weight is 627 g/mol. The quantitative estimate of drug-likeness (QED) is 0.158. The Kier molecular flexibility index (Phi) is 12.7. The number of hydrogen-bond acceptors (Lipinski definition) is 4. The predicted molar refractivity (Wildman–Crippen MR) is 187 cm³/mol. The molecule has 0 N–H and O–H groups in total. The van der Waals surface area contributed by atoms with Crippen LogP contribution in [0.2, 0.25) is 18.1 Å². The van der Waals surface area contributed by atoms with Crippen LogP contribution in [0, 0.1) is 0 Å². The van der Waals surface area contributed by atoms with Crippen molar-refractivity contribution in [3.8, 4) is 0 Å². The Balaban J connectivity index is 1.49. The van der Waals surface area contributed by atoms with Crippen molar-refractivity contribution in [2.24, 2.45) is 0 Å². The molecule has 0 radical (unpaired) electrons. The SMILES string of the molecule is CCC[C@@H]1O[C@@H]2CC([Si](CC)(CC)CC)=C[C@@H](CCc3ccccc3)O[C@H]2[C@H](OCc2ccccc2)[C@H]1OCc1ccccc1. The molecule has 4 nitrogen and oxygen atoms in total. The van der Waals surface area contributed by atoms with Crippen LogP contribution >= 0.6 is 0 Å². The van der Waals surface area contributed by atoms with Gasteiger partial charge in [-0.15, -0.1) is 0 Å². The summed E-state index contributed by atoms with van der Waals surface area (Å²) in [5.74, 6) is 0. The van der Waals surface area contributed by atoms with E-state index in [0.29, 0.717) is 13.2 Å². The van der Waals surface area contributed by atoms with Crippen LogP contribution in [0.4, 0.5) is 0 Å². The lowest BCUT2D eigenvalue weighted by molar-refractivity contribution is -0.266. The van der Waals surface area contributed by atoms with Crippen LogP contribution in [0.3, 0.4) is 0 Å². The minimum absolute atomic E-state index is 0.00987. The fourth-order valence-electron chi connectivity index (χ4n) is 7.44. The van der Waals surface area contributed by atoms with Gasteiger partial charge in [-0.3, -0.25) is 0 Å². The Morgan fingerprint density at radius 2 is 1.18 bits per heavy atom. The van der Waals surface area contributed by atoms with Crippen LogP contribution in [0.5, 0.6) is 0 Å². The summed E-state index contributed by atoms with van der Waals surface area (Å²) in [5, 5.41) is 1.64. The van der Waals surface area contributed by atoms with E-state index in [1.807, 2.05) is 0 Å². The van der Waals surface area contributed by atoms with E-state index in [9.17, 15) is 0 Å². The normalized spacial score (nSPS) is 25.3. The molecule has 5 heteroatoms. The first kappa shape index (κ1) is 33.8. The molecule has 0 aromatic heterocycles. The van der Waals surface area contributed by atoms with Gasteiger partial charge < -0.3 is 18.9 Å². The average Bonchev–Trinajstić information content (AvgIpc) is 3.28. The molecule has 0 spiro atoms. The molecule has 2 aliphatic rings. The maximum Gasteiger partial charge on any atom is 0.115 e. The second-order valence-corrected chi connectivity index (χ2v) is 18.2. The van der Waals surface area contributed by atoms with E-state index in [-0.39, 0.29) is 36.6 Å². The molecule has 0 aliphatic carbocycles. The fourth-order valence-corrected chi connectivity index (χ4v) is 11.5. The summed E-state index contributed by atoms with van der Waals surface area (Å²) in [6.07, 6.45) is 6.59. The van der Waals surface area contributed by atoms with Crippen molar-refractivity contribution in [1.29, 1.82) is 0 Å². The first-order valence-corrected chi connectivity index (χ1v) is 20.1. The molecule has 0 unspecified atom stereocenters.